The van der Waals surface area contributed by atoms with E-state index in [1.54, 1.807) is 0 Å². The molecule has 0 unspecified atom stereocenters. The fourth-order valence-electron chi connectivity index (χ4n) is 3.11. The number of hydrogen-bond donors (Lipinski definition) is 5. The number of hydrogen-bond acceptors (Lipinski definition) is 3. The lowest BCUT2D eigenvalue weighted by Crippen LogP contribution is -2.19. The minimum absolute atomic E-state index is 0.575. The summed E-state index contributed by atoms with van der Waals surface area (Å²) in [5.41, 5.74) is 18.0. The third-order valence-electron chi connectivity index (χ3n) is 4.21. The second-order valence-corrected chi connectivity index (χ2v) is 5.79. The highest BCUT2D eigenvalue weighted by molar-refractivity contribution is 6.02. The molecule has 120 valence electrons. The first-order valence-corrected chi connectivity index (χ1v) is 7.63. The van der Waals surface area contributed by atoms with Crippen LogP contribution in [0.25, 0.3) is 22.6 Å². The Balaban J connectivity index is 1.78. The minimum atomic E-state index is -0.575. The Labute approximate surface area is 138 Å². The van der Waals surface area contributed by atoms with Crippen LogP contribution in [0.5, 0.6) is 0 Å². The van der Waals surface area contributed by atoms with Gasteiger partial charge in [-0.15, -0.1) is 0 Å². The fourth-order valence-corrected chi connectivity index (χ4v) is 3.11. The zero-order valence-corrected chi connectivity index (χ0v) is 12.9. The van der Waals surface area contributed by atoms with Gasteiger partial charge in [-0.25, -0.2) is 4.79 Å². The van der Waals surface area contributed by atoms with Crippen molar-refractivity contribution in [2.45, 2.75) is 0 Å². The van der Waals surface area contributed by atoms with Crippen molar-refractivity contribution in [3.8, 4) is 0 Å². The van der Waals surface area contributed by atoms with E-state index in [-0.39, 0.29) is 0 Å². The summed E-state index contributed by atoms with van der Waals surface area (Å²) in [6.07, 6.45) is 4.08. The van der Waals surface area contributed by atoms with Gasteiger partial charge in [-0.2, -0.15) is 0 Å². The SMILES string of the molecule is NC(=O)Nc1ccc2[nH]cc(C=C3CNc4c(N)cccc43)c2c1. The summed E-state index contributed by atoms with van der Waals surface area (Å²) >= 11 is 0. The third-order valence-corrected chi connectivity index (χ3v) is 4.21. The molecule has 0 radical (unpaired) electrons. The maximum atomic E-state index is 11.0. The second-order valence-electron chi connectivity index (χ2n) is 5.79. The molecule has 1 aromatic heterocycles. The van der Waals surface area contributed by atoms with Gasteiger partial charge < -0.3 is 27.1 Å². The van der Waals surface area contributed by atoms with E-state index in [2.05, 4.69) is 27.8 Å². The topological polar surface area (TPSA) is 109 Å². The Bertz CT molecular complexity index is 986. The van der Waals surface area contributed by atoms with Crippen molar-refractivity contribution < 1.29 is 4.79 Å². The fraction of sp³-hybridized carbons (Fsp3) is 0.0556. The number of para-hydroxylation sites is 1. The number of H-pyrrole nitrogens is 1. The molecule has 1 aliphatic rings. The summed E-state index contributed by atoms with van der Waals surface area (Å²) in [5.74, 6) is 0. The number of nitrogens with two attached hydrogens (primary N) is 2. The number of anilines is 3. The van der Waals surface area contributed by atoms with Crippen LogP contribution in [0.3, 0.4) is 0 Å². The summed E-state index contributed by atoms with van der Waals surface area (Å²) in [7, 11) is 0. The molecule has 2 heterocycles. The number of aromatic nitrogens is 1. The molecule has 0 aliphatic carbocycles. The zero-order chi connectivity index (χ0) is 16.7. The van der Waals surface area contributed by atoms with E-state index >= 15 is 0 Å². The van der Waals surface area contributed by atoms with E-state index in [0.29, 0.717) is 5.69 Å². The van der Waals surface area contributed by atoms with E-state index in [1.165, 1.54) is 5.57 Å². The Hall–Kier alpha value is -3.41. The molecule has 7 N–H and O–H groups in total. The second kappa shape index (κ2) is 5.34. The molecular weight excluding hydrogens is 302 g/mol. The van der Waals surface area contributed by atoms with Gasteiger partial charge in [0.2, 0.25) is 0 Å². The molecule has 0 fully saturated rings. The van der Waals surface area contributed by atoms with Crippen molar-refractivity contribution in [2.75, 3.05) is 22.9 Å². The minimum Gasteiger partial charge on any atom is -0.397 e. The molecule has 4 rings (SSSR count). The number of nitrogens with one attached hydrogen (secondary N) is 3. The van der Waals surface area contributed by atoms with Crippen molar-refractivity contribution in [3.63, 3.8) is 0 Å². The van der Waals surface area contributed by atoms with E-state index in [0.717, 1.165) is 39.9 Å². The Kier molecular flexibility index (Phi) is 3.16. The number of aromatic amines is 1. The summed E-state index contributed by atoms with van der Waals surface area (Å²) in [5, 5.41) is 6.97. The average molecular weight is 319 g/mol. The van der Waals surface area contributed by atoms with Crippen LogP contribution in [0.2, 0.25) is 0 Å². The van der Waals surface area contributed by atoms with Crippen LogP contribution < -0.4 is 22.1 Å². The molecule has 0 atom stereocenters. The van der Waals surface area contributed by atoms with Crippen molar-refractivity contribution >= 4 is 45.6 Å². The molecule has 24 heavy (non-hydrogen) atoms. The first-order chi connectivity index (χ1) is 11.6. The quantitative estimate of drug-likeness (QED) is 0.468. The summed E-state index contributed by atoms with van der Waals surface area (Å²) in [6, 6.07) is 11.0. The van der Waals surface area contributed by atoms with E-state index in [1.807, 2.05) is 36.5 Å². The van der Waals surface area contributed by atoms with Crippen molar-refractivity contribution in [2.24, 2.45) is 5.73 Å². The maximum Gasteiger partial charge on any atom is 0.316 e. The lowest BCUT2D eigenvalue weighted by molar-refractivity contribution is 0.259. The van der Waals surface area contributed by atoms with Crippen LogP contribution in [0.4, 0.5) is 21.9 Å². The number of rotatable bonds is 2. The van der Waals surface area contributed by atoms with Gasteiger partial charge in [0.25, 0.3) is 0 Å². The largest absolute Gasteiger partial charge is 0.397 e. The van der Waals surface area contributed by atoms with Gasteiger partial charge in [-0.1, -0.05) is 12.1 Å². The van der Waals surface area contributed by atoms with Crippen LogP contribution in [-0.2, 0) is 0 Å². The van der Waals surface area contributed by atoms with Crippen molar-refractivity contribution in [3.05, 3.63) is 53.7 Å². The first kappa shape index (κ1) is 14.2. The van der Waals surface area contributed by atoms with Crippen LogP contribution in [0.1, 0.15) is 11.1 Å². The van der Waals surface area contributed by atoms with Crippen molar-refractivity contribution in [1.29, 1.82) is 0 Å². The molecule has 0 bridgehead atoms. The number of carbonyl (C=O) groups is 1. The molecule has 2 amide bonds. The molecule has 0 saturated carbocycles. The van der Waals surface area contributed by atoms with Crippen molar-refractivity contribution in [1.82, 2.24) is 4.98 Å². The Morgan fingerprint density at radius 1 is 1.25 bits per heavy atom. The maximum absolute atomic E-state index is 11.0. The van der Waals surface area contributed by atoms with E-state index in [4.69, 9.17) is 11.5 Å². The van der Waals surface area contributed by atoms with Gasteiger partial charge >= 0.3 is 6.03 Å². The number of fused-ring (bicyclic) bond motifs is 2. The summed E-state index contributed by atoms with van der Waals surface area (Å²) in [6.45, 7) is 0.732. The number of benzene rings is 2. The Morgan fingerprint density at radius 2 is 2.12 bits per heavy atom. The predicted molar refractivity (Wildman–Crippen MR) is 98.7 cm³/mol. The lowest BCUT2D eigenvalue weighted by Gasteiger charge is -2.03. The zero-order valence-electron chi connectivity index (χ0n) is 12.9. The molecule has 2 aromatic carbocycles. The normalized spacial score (nSPS) is 14.6. The predicted octanol–water partition coefficient (Wildman–Crippen LogP) is 3.21. The van der Waals surface area contributed by atoms with E-state index < -0.39 is 6.03 Å². The number of amides is 2. The first-order valence-electron chi connectivity index (χ1n) is 7.63. The van der Waals surface area contributed by atoms with Crippen LogP contribution in [0, 0.1) is 0 Å². The monoisotopic (exact) mass is 319 g/mol. The smallest absolute Gasteiger partial charge is 0.316 e. The highest BCUT2D eigenvalue weighted by Crippen LogP contribution is 2.37. The summed E-state index contributed by atoms with van der Waals surface area (Å²) < 4.78 is 0. The third kappa shape index (κ3) is 2.34. The molecule has 6 nitrogen and oxygen atoms in total. The van der Waals surface area contributed by atoms with Crippen LogP contribution >= 0.6 is 0 Å². The van der Waals surface area contributed by atoms with E-state index in [9.17, 15) is 4.79 Å². The molecule has 0 spiro atoms. The summed E-state index contributed by atoms with van der Waals surface area (Å²) in [4.78, 5) is 14.3. The molecule has 6 heteroatoms. The number of carbonyl (C=O) groups excluding carboxylic acids is 1. The lowest BCUT2D eigenvalue weighted by atomic mass is 10.0. The molecule has 0 saturated heterocycles. The standard InChI is InChI=1S/C18H17N5O/c19-15-3-1-2-13-10(9-22-17(13)15)6-11-8-21-16-5-4-12(7-14(11)16)23-18(20)24/h1-8,21-22H,9,19H2,(H3,20,23,24). The highest BCUT2D eigenvalue weighted by atomic mass is 16.2. The van der Waals surface area contributed by atoms with Gasteiger partial charge in [0.05, 0.1) is 11.4 Å². The number of urea groups is 1. The molecule has 3 aromatic rings. The number of nitrogen functional groups attached to an aromatic ring is 1. The molecular formula is C18H17N5O. The molecule has 1 aliphatic heterocycles. The van der Waals surface area contributed by atoms with Gasteiger partial charge in [0.1, 0.15) is 0 Å². The van der Waals surface area contributed by atoms with Gasteiger partial charge in [-0.05, 0) is 35.9 Å². The highest BCUT2D eigenvalue weighted by Gasteiger charge is 2.17. The van der Waals surface area contributed by atoms with Crippen LogP contribution in [-0.4, -0.2) is 17.6 Å². The number of primary amides is 1. The Morgan fingerprint density at radius 3 is 2.96 bits per heavy atom. The van der Waals surface area contributed by atoms with Gasteiger partial charge in [0.15, 0.2) is 0 Å². The average Bonchev–Trinajstić information content (AvgIpc) is 3.13. The van der Waals surface area contributed by atoms with Gasteiger partial charge in [0, 0.05) is 40.5 Å². The van der Waals surface area contributed by atoms with Gasteiger partial charge in [-0.3, -0.25) is 0 Å². The van der Waals surface area contributed by atoms with Crippen LogP contribution in [0.15, 0.2) is 42.6 Å².